The molecule has 146 valence electrons. The number of hydrogen-bond donors (Lipinski definition) is 2. The van der Waals surface area contributed by atoms with Gasteiger partial charge in [-0.2, -0.15) is 0 Å². The normalized spacial score (nSPS) is 11.9. The van der Waals surface area contributed by atoms with Gasteiger partial charge in [-0.15, -0.1) is 0 Å². The van der Waals surface area contributed by atoms with Gasteiger partial charge in [-0.05, 0) is 55.3 Å². The number of carbonyl (C=O) groups is 1. The molecule has 3 N–H and O–H groups in total. The Morgan fingerprint density at radius 2 is 1.89 bits per heavy atom. The molecule has 2 aromatic carbocycles. The molecule has 1 atom stereocenters. The molecule has 9 heteroatoms. The summed E-state index contributed by atoms with van der Waals surface area (Å²) in [5.74, 6) is -0.226. The van der Waals surface area contributed by atoms with Crippen molar-refractivity contribution in [1.82, 2.24) is 5.32 Å². The van der Waals surface area contributed by atoms with Crippen molar-refractivity contribution < 1.29 is 13.6 Å². The molecular formula is C18H20Cl2N3O3S-. The number of carbonyl (C=O) groups excluding carboxylic acids is 1. The molecule has 0 aliphatic rings. The third-order valence-corrected chi connectivity index (χ3v) is 5.49. The minimum absolute atomic E-state index is 0.193. The summed E-state index contributed by atoms with van der Waals surface area (Å²) < 4.78 is 24.5. The van der Waals surface area contributed by atoms with Crippen LogP contribution in [0.5, 0.6) is 0 Å². The quantitative estimate of drug-likeness (QED) is 0.473. The molecule has 2 rings (SSSR count). The molecule has 0 radical (unpaired) electrons. The van der Waals surface area contributed by atoms with Gasteiger partial charge in [-0.3, -0.25) is 9.00 Å². The van der Waals surface area contributed by atoms with E-state index in [0.717, 1.165) is 5.56 Å². The standard InChI is InChI=1S/C18H21Cl2N3O3S/c19-16-4-1-3-13(17(16)20)9-12-23(27(25)26)15-7-5-14(6-8-15)18(24)22-11-2-10-21/h1,3-8H,2,9-12,21H2,(H,22,24)(H,25,26)/p-1. The third kappa shape index (κ3) is 6.19. The fourth-order valence-electron chi connectivity index (χ4n) is 2.44. The van der Waals surface area contributed by atoms with Crippen LogP contribution < -0.4 is 15.4 Å². The van der Waals surface area contributed by atoms with E-state index in [0.29, 0.717) is 47.2 Å². The number of anilines is 1. The molecular weight excluding hydrogens is 409 g/mol. The highest BCUT2D eigenvalue weighted by Gasteiger charge is 2.12. The molecule has 0 spiro atoms. The van der Waals surface area contributed by atoms with Crippen LogP contribution in [0.4, 0.5) is 5.69 Å². The van der Waals surface area contributed by atoms with Gasteiger partial charge < -0.3 is 19.9 Å². The number of hydrogen-bond acceptors (Lipinski definition) is 4. The Kier molecular flexibility index (Phi) is 8.53. The lowest BCUT2D eigenvalue weighted by atomic mass is 10.1. The third-order valence-electron chi connectivity index (χ3n) is 3.88. The predicted octanol–water partition coefficient (Wildman–Crippen LogP) is 2.92. The first kappa shape index (κ1) is 21.7. The average molecular weight is 429 g/mol. The fraction of sp³-hybridized carbons (Fsp3) is 0.278. The Labute approximate surface area is 171 Å². The van der Waals surface area contributed by atoms with Crippen LogP contribution in [-0.4, -0.2) is 34.3 Å². The lowest BCUT2D eigenvalue weighted by Crippen LogP contribution is -2.28. The highest BCUT2D eigenvalue weighted by Crippen LogP contribution is 2.26. The summed E-state index contributed by atoms with van der Waals surface area (Å²) in [5.41, 5.74) is 7.06. The summed E-state index contributed by atoms with van der Waals surface area (Å²) in [6, 6.07) is 11.6. The van der Waals surface area contributed by atoms with Crippen LogP contribution in [0.1, 0.15) is 22.3 Å². The summed E-state index contributed by atoms with van der Waals surface area (Å²) in [6.45, 7) is 1.19. The summed E-state index contributed by atoms with van der Waals surface area (Å²) in [4.78, 5) is 12.0. The Morgan fingerprint density at radius 3 is 2.52 bits per heavy atom. The molecule has 0 bridgehead atoms. The minimum atomic E-state index is -2.47. The van der Waals surface area contributed by atoms with Crippen molar-refractivity contribution in [3.8, 4) is 0 Å². The summed E-state index contributed by atoms with van der Waals surface area (Å²) in [7, 11) is 0. The number of benzene rings is 2. The highest BCUT2D eigenvalue weighted by molar-refractivity contribution is 7.80. The van der Waals surface area contributed by atoms with Crippen molar-refractivity contribution in [2.45, 2.75) is 12.8 Å². The van der Waals surface area contributed by atoms with Crippen molar-refractivity contribution in [3.63, 3.8) is 0 Å². The molecule has 0 aromatic heterocycles. The van der Waals surface area contributed by atoms with Crippen molar-refractivity contribution in [2.75, 3.05) is 23.9 Å². The zero-order chi connectivity index (χ0) is 19.8. The Hall–Kier alpha value is -1.64. The topological polar surface area (TPSA) is 98.5 Å². The zero-order valence-electron chi connectivity index (χ0n) is 14.5. The van der Waals surface area contributed by atoms with E-state index in [-0.39, 0.29) is 12.5 Å². The zero-order valence-corrected chi connectivity index (χ0v) is 16.8. The first-order valence-corrected chi connectivity index (χ1v) is 10.1. The van der Waals surface area contributed by atoms with Crippen LogP contribution in [0.25, 0.3) is 0 Å². The van der Waals surface area contributed by atoms with Crippen LogP contribution in [0.15, 0.2) is 42.5 Å². The van der Waals surface area contributed by atoms with E-state index in [2.05, 4.69) is 5.32 Å². The van der Waals surface area contributed by atoms with E-state index >= 15 is 0 Å². The molecule has 6 nitrogen and oxygen atoms in total. The lowest BCUT2D eigenvalue weighted by molar-refractivity contribution is 0.0953. The molecule has 1 amide bonds. The van der Waals surface area contributed by atoms with Crippen LogP contribution >= 0.6 is 23.2 Å². The van der Waals surface area contributed by atoms with Crippen molar-refractivity contribution >= 4 is 46.1 Å². The lowest BCUT2D eigenvalue weighted by Gasteiger charge is -2.26. The largest absolute Gasteiger partial charge is 0.755 e. The molecule has 27 heavy (non-hydrogen) atoms. The Morgan fingerprint density at radius 1 is 1.19 bits per heavy atom. The number of rotatable bonds is 9. The molecule has 0 aliphatic carbocycles. The van der Waals surface area contributed by atoms with E-state index in [1.54, 1.807) is 42.5 Å². The van der Waals surface area contributed by atoms with E-state index in [1.807, 2.05) is 0 Å². The summed E-state index contributed by atoms with van der Waals surface area (Å²) >= 11 is 9.67. The number of nitrogens with two attached hydrogens (primary N) is 1. The van der Waals surface area contributed by atoms with Crippen molar-refractivity contribution in [2.24, 2.45) is 5.73 Å². The van der Waals surface area contributed by atoms with Crippen LogP contribution in [-0.2, 0) is 17.7 Å². The van der Waals surface area contributed by atoms with Crippen molar-refractivity contribution in [1.29, 1.82) is 0 Å². The molecule has 0 saturated carbocycles. The highest BCUT2D eigenvalue weighted by atomic mass is 35.5. The maximum absolute atomic E-state index is 12.0. The Bertz CT molecular complexity index is 803. The second-order valence-electron chi connectivity index (χ2n) is 5.73. The predicted molar refractivity (Wildman–Crippen MR) is 109 cm³/mol. The fourth-order valence-corrected chi connectivity index (χ4v) is 3.39. The van der Waals surface area contributed by atoms with Gasteiger partial charge in [0.1, 0.15) is 0 Å². The van der Waals surface area contributed by atoms with E-state index in [9.17, 15) is 13.6 Å². The summed E-state index contributed by atoms with van der Waals surface area (Å²) in [6.07, 6.45) is 1.09. The smallest absolute Gasteiger partial charge is 0.251 e. The molecule has 0 fully saturated rings. The van der Waals surface area contributed by atoms with Gasteiger partial charge in [0.2, 0.25) is 0 Å². The SMILES string of the molecule is NCCCNC(=O)c1ccc(N(CCc2cccc(Cl)c2Cl)S(=O)[O-])cc1. The van der Waals surface area contributed by atoms with Crippen LogP contribution in [0, 0.1) is 0 Å². The average Bonchev–Trinajstić information content (AvgIpc) is 2.65. The minimum Gasteiger partial charge on any atom is -0.755 e. The molecule has 0 heterocycles. The maximum Gasteiger partial charge on any atom is 0.251 e. The Balaban J connectivity index is 2.07. The van der Waals surface area contributed by atoms with Crippen molar-refractivity contribution in [3.05, 3.63) is 63.6 Å². The maximum atomic E-state index is 12.0. The van der Waals surface area contributed by atoms with Gasteiger partial charge in [-0.1, -0.05) is 35.3 Å². The van der Waals surface area contributed by atoms with E-state index in [1.165, 1.54) is 4.31 Å². The second-order valence-corrected chi connectivity index (χ2v) is 7.39. The second kappa shape index (κ2) is 10.6. The number of halogens is 2. The van der Waals surface area contributed by atoms with Crippen LogP contribution in [0.3, 0.4) is 0 Å². The van der Waals surface area contributed by atoms with Gasteiger partial charge >= 0.3 is 0 Å². The molecule has 2 aromatic rings. The van der Waals surface area contributed by atoms with Gasteiger partial charge in [0.05, 0.1) is 10.0 Å². The van der Waals surface area contributed by atoms with E-state index in [4.69, 9.17) is 28.9 Å². The molecule has 0 saturated heterocycles. The van der Waals surface area contributed by atoms with Gasteiger partial charge in [0, 0.05) is 35.6 Å². The number of nitrogens with zero attached hydrogens (tertiary/aromatic N) is 1. The number of nitrogens with one attached hydrogen (secondary N) is 1. The van der Waals surface area contributed by atoms with Gasteiger partial charge in [0.15, 0.2) is 0 Å². The molecule has 0 aliphatic heterocycles. The monoisotopic (exact) mass is 428 g/mol. The first-order chi connectivity index (χ1) is 12.9. The van der Waals surface area contributed by atoms with Gasteiger partial charge in [0.25, 0.3) is 5.91 Å². The number of amides is 1. The first-order valence-electron chi connectivity index (χ1n) is 8.32. The van der Waals surface area contributed by atoms with E-state index < -0.39 is 11.3 Å². The van der Waals surface area contributed by atoms with Crippen LogP contribution in [0.2, 0.25) is 10.0 Å². The summed E-state index contributed by atoms with van der Waals surface area (Å²) in [5, 5.41) is 3.59. The van der Waals surface area contributed by atoms with Gasteiger partial charge in [-0.25, -0.2) is 0 Å². The molecule has 1 unspecified atom stereocenters.